The molecule has 2 N–H and O–H groups in total. The third-order valence-electron chi connectivity index (χ3n) is 5.50. The Labute approximate surface area is 209 Å². The first-order chi connectivity index (χ1) is 17.0. The standard InChI is InChI=1S/C28H29NO7/c1-28(2,3)25(29)24(30)19-10-15-22(35-26(31)17-6-11-20(33-4)12-7-17)23(16-19)36-27(32)18-8-13-21(34-5)14-9-18/h6-16,25H,29H2,1-5H3. The van der Waals surface area contributed by atoms with E-state index >= 15 is 0 Å². The van der Waals surface area contributed by atoms with Crippen LogP contribution in [0.2, 0.25) is 0 Å². The molecule has 3 rings (SSSR count). The van der Waals surface area contributed by atoms with Gasteiger partial charge >= 0.3 is 11.9 Å². The molecule has 0 bridgehead atoms. The van der Waals surface area contributed by atoms with Crippen molar-refractivity contribution in [1.82, 2.24) is 0 Å². The van der Waals surface area contributed by atoms with Crippen LogP contribution in [0.5, 0.6) is 23.0 Å². The minimum absolute atomic E-state index is 0.0291. The van der Waals surface area contributed by atoms with Gasteiger partial charge in [0.25, 0.3) is 0 Å². The summed E-state index contributed by atoms with van der Waals surface area (Å²) in [5.74, 6) is -0.683. The third-order valence-corrected chi connectivity index (χ3v) is 5.50. The molecule has 188 valence electrons. The molecule has 0 saturated heterocycles. The molecule has 0 fully saturated rings. The summed E-state index contributed by atoms with van der Waals surface area (Å²) < 4.78 is 21.3. The highest BCUT2D eigenvalue weighted by Crippen LogP contribution is 2.32. The molecule has 0 aromatic heterocycles. The summed E-state index contributed by atoms with van der Waals surface area (Å²) in [6.45, 7) is 5.56. The minimum atomic E-state index is -0.796. The summed E-state index contributed by atoms with van der Waals surface area (Å²) in [4.78, 5) is 38.6. The highest BCUT2D eigenvalue weighted by Gasteiger charge is 2.29. The SMILES string of the molecule is COc1ccc(C(=O)Oc2ccc(C(=O)C(N)C(C)(C)C)cc2OC(=O)c2ccc(OC)cc2)cc1. The number of Topliss-reactive ketones (excluding diaryl/α,β-unsaturated/α-hetero) is 1. The molecule has 0 aliphatic heterocycles. The predicted octanol–water partition coefficient (Wildman–Crippen LogP) is 4.70. The van der Waals surface area contributed by atoms with Crippen LogP contribution < -0.4 is 24.7 Å². The van der Waals surface area contributed by atoms with Crippen molar-refractivity contribution in [2.24, 2.45) is 11.1 Å². The van der Waals surface area contributed by atoms with Gasteiger partial charge in [0.1, 0.15) is 11.5 Å². The van der Waals surface area contributed by atoms with Gasteiger partial charge in [-0.25, -0.2) is 9.59 Å². The maximum absolute atomic E-state index is 13.0. The summed E-state index contributed by atoms with van der Waals surface area (Å²) in [5, 5.41) is 0. The summed E-state index contributed by atoms with van der Waals surface area (Å²) >= 11 is 0. The second kappa shape index (κ2) is 11.0. The molecule has 0 spiro atoms. The van der Waals surface area contributed by atoms with E-state index in [1.54, 1.807) is 36.4 Å². The fourth-order valence-corrected chi connectivity index (χ4v) is 3.17. The lowest BCUT2D eigenvalue weighted by Crippen LogP contribution is -2.42. The van der Waals surface area contributed by atoms with Crippen LogP contribution in [-0.2, 0) is 0 Å². The van der Waals surface area contributed by atoms with Crippen molar-refractivity contribution in [1.29, 1.82) is 0 Å². The van der Waals surface area contributed by atoms with Crippen molar-refractivity contribution in [3.05, 3.63) is 83.4 Å². The minimum Gasteiger partial charge on any atom is -0.497 e. The number of benzene rings is 3. The number of nitrogens with two attached hydrogens (primary N) is 1. The number of carbonyl (C=O) groups is 3. The van der Waals surface area contributed by atoms with E-state index < -0.39 is 23.4 Å². The number of carbonyl (C=O) groups excluding carboxylic acids is 3. The second-order valence-electron chi connectivity index (χ2n) is 9.11. The maximum Gasteiger partial charge on any atom is 0.343 e. The van der Waals surface area contributed by atoms with E-state index in [4.69, 9.17) is 24.7 Å². The Morgan fingerprint density at radius 3 is 1.50 bits per heavy atom. The van der Waals surface area contributed by atoms with Gasteiger partial charge in [0.05, 0.1) is 31.4 Å². The predicted molar refractivity (Wildman–Crippen MR) is 134 cm³/mol. The molecule has 0 amide bonds. The summed E-state index contributed by atoms with van der Waals surface area (Å²) in [5.41, 5.74) is 6.39. The van der Waals surface area contributed by atoms with Crippen LogP contribution in [0, 0.1) is 5.41 Å². The third kappa shape index (κ3) is 6.28. The van der Waals surface area contributed by atoms with Gasteiger partial charge in [-0.3, -0.25) is 4.79 Å². The molecule has 3 aromatic carbocycles. The van der Waals surface area contributed by atoms with Gasteiger partial charge in [-0.2, -0.15) is 0 Å². The van der Waals surface area contributed by atoms with E-state index in [2.05, 4.69) is 0 Å². The van der Waals surface area contributed by atoms with Gasteiger partial charge in [0, 0.05) is 5.56 Å². The molecular weight excluding hydrogens is 462 g/mol. The van der Waals surface area contributed by atoms with Gasteiger partial charge in [-0.15, -0.1) is 0 Å². The Morgan fingerprint density at radius 1 is 0.667 bits per heavy atom. The monoisotopic (exact) mass is 491 g/mol. The molecule has 0 heterocycles. The highest BCUT2D eigenvalue weighted by molar-refractivity contribution is 6.01. The van der Waals surface area contributed by atoms with Crippen LogP contribution in [0.25, 0.3) is 0 Å². The lowest BCUT2D eigenvalue weighted by atomic mass is 9.83. The molecule has 36 heavy (non-hydrogen) atoms. The van der Waals surface area contributed by atoms with Crippen molar-refractivity contribution < 1.29 is 33.3 Å². The largest absolute Gasteiger partial charge is 0.497 e. The Kier molecular flexibility index (Phi) is 8.11. The van der Waals surface area contributed by atoms with Gasteiger partial charge in [-0.05, 0) is 72.1 Å². The molecule has 0 aliphatic carbocycles. The van der Waals surface area contributed by atoms with E-state index in [1.807, 2.05) is 20.8 Å². The number of hydrogen-bond acceptors (Lipinski definition) is 8. The molecule has 0 radical (unpaired) electrons. The average Bonchev–Trinajstić information content (AvgIpc) is 2.88. The smallest absolute Gasteiger partial charge is 0.343 e. The zero-order valence-electron chi connectivity index (χ0n) is 20.9. The summed E-state index contributed by atoms with van der Waals surface area (Å²) in [6.07, 6.45) is 0. The quantitative estimate of drug-likeness (QED) is 0.274. The molecule has 1 unspecified atom stereocenters. The van der Waals surface area contributed by atoms with Crippen LogP contribution in [-0.4, -0.2) is 38.0 Å². The van der Waals surface area contributed by atoms with Gasteiger partial charge in [0.15, 0.2) is 17.3 Å². The number of ether oxygens (including phenoxy) is 4. The Bertz CT molecular complexity index is 1240. The molecule has 3 aromatic rings. The number of rotatable bonds is 8. The Morgan fingerprint density at radius 2 is 1.08 bits per heavy atom. The van der Waals surface area contributed by atoms with Gasteiger partial charge in [-0.1, -0.05) is 20.8 Å². The zero-order valence-corrected chi connectivity index (χ0v) is 20.9. The Hall–Kier alpha value is -4.17. The molecule has 1 atom stereocenters. The van der Waals surface area contributed by atoms with Crippen LogP contribution >= 0.6 is 0 Å². The summed E-state index contributed by atoms with van der Waals surface area (Å²) in [6, 6.07) is 16.1. The topological polar surface area (TPSA) is 114 Å². The fourth-order valence-electron chi connectivity index (χ4n) is 3.17. The lowest BCUT2D eigenvalue weighted by molar-refractivity contribution is 0.0682. The number of hydrogen-bond donors (Lipinski definition) is 1. The normalized spacial score (nSPS) is 11.8. The second-order valence-corrected chi connectivity index (χ2v) is 9.11. The van der Waals surface area contributed by atoms with Gasteiger partial charge in [0.2, 0.25) is 0 Å². The van der Waals surface area contributed by atoms with Crippen molar-refractivity contribution in [3.63, 3.8) is 0 Å². The Balaban J connectivity index is 1.94. The van der Waals surface area contributed by atoms with E-state index in [1.165, 1.54) is 44.6 Å². The highest BCUT2D eigenvalue weighted by atomic mass is 16.6. The van der Waals surface area contributed by atoms with Crippen LogP contribution in [0.1, 0.15) is 51.8 Å². The average molecular weight is 492 g/mol. The van der Waals surface area contributed by atoms with Crippen molar-refractivity contribution in [2.75, 3.05) is 14.2 Å². The maximum atomic E-state index is 13.0. The first kappa shape index (κ1) is 26.4. The molecule has 8 heteroatoms. The van der Waals surface area contributed by atoms with Crippen LogP contribution in [0.4, 0.5) is 0 Å². The molecule has 8 nitrogen and oxygen atoms in total. The van der Waals surface area contributed by atoms with E-state index in [0.717, 1.165) is 0 Å². The molecule has 0 saturated carbocycles. The number of esters is 2. The first-order valence-corrected chi connectivity index (χ1v) is 11.2. The van der Waals surface area contributed by atoms with Crippen molar-refractivity contribution in [2.45, 2.75) is 26.8 Å². The fraction of sp³-hybridized carbons (Fsp3) is 0.250. The number of methoxy groups -OCH3 is 2. The van der Waals surface area contributed by atoms with E-state index in [9.17, 15) is 14.4 Å². The van der Waals surface area contributed by atoms with Crippen LogP contribution in [0.3, 0.4) is 0 Å². The van der Waals surface area contributed by atoms with E-state index in [-0.39, 0.29) is 34.0 Å². The van der Waals surface area contributed by atoms with Crippen LogP contribution in [0.15, 0.2) is 66.7 Å². The molecular formula is C28H29NO7. The zero-order chi connectivity index (χ0) is 26.5. The van der Waals surface area contributed by atoms with E-state index in [0.29, 0.717) is 11.5 Å². The summed E-state index contributed by atoms with van der Waals surface area (Å²) in [7, 11) is 3.03. The molecule has 0 aliphatic rings. The lowest BCUT2D eigenvalue weighted by Gasteiger charge is -2.25. The van der Waals surface area contributed by atoms with Crippen molar-refractivity contribution in [3.8, 4) is 23.0 Å². The first-order valence-electron chi connectivity index (χ1n) is 11.2. The van der Waals surface area contributed by atoms with Crippen molar-refractivity contribution >= 4 is 17.7 Å². The van der Waals surface area contributed by atoms with Gasteiger partial charge < -0.3 is 24.7 Å². The number of ketones is 1.